The van der Waals surface area contributed by atoms with Gasteiger partial charge in [-0.3, -0.25) is 4.99 Å². The van der Waals surface area contributed by atoms with Gasteiger partial charge in [0.2, 0.25) is 0 Å². The summed E-state index contributed by atoms with van der Waals surface area (Å²) in [7, 11) is 3.33. The summed E-state index contributed by atoms with van der Waals surface area (Å²) in [5, 5.41) is 6.81. The van der Waals surface area contributed by atoms with Crippen LogP contribution in [-0.4, -0.2) is 44.2 Å². The fraction of sp³-hybridized carbons (Fsp3) is 0.429. The van der Waals surface area contributed by atoms with Crippen molar-refractivity contribution in [3.8, 4) is 0 Å². The van der Waals surface area contributed by atoms with Gasteiger partial charge in [0.15, 0.2) is 5.96 Å². The summed E-state index contributed by atoms with van der Waals surface area (Å²) >= 11 is 0. The van der Waals surface area contributed by atoms with Gasteiger partial charge < -0.3 is 20.3 Å². The van der Waals surface area contributed by atoms with Crippen molar-refractivity contribution in [2.24, 2.45) is 4.99 Å². The fourth-order valence-corrected chi connectivity index (χ4v) is 3.37. The van der Waals surface area contributed by atoms with Crippen LogP contribution >= 0.6 is 24.0 Å². The van der Waals surface area contributed by atoms with Crippen LogP contribution < -0.4 is 15.5 Å². The monoisotopic (exact) mass is 513 g/mol. The second kappa shape index (κ2) is 11.9. The molecule has 1 aromatic heterocycles. The molecule has 2 aromatic rings. The highest BCUT2D eigenvalue weighted by atomic mass is 127. The first-order valence-corrected chi connectivity index (χ1v) is 9.59. The Kier molecular flexibility index (Phi) is 9.59. The minimum atomic E-state index is -0.243. The van der Waals surface area contributed by atoms with Gasteiger partial charge in [0.25, 0.3) is 0 Å². The van der Waals surface area contributed by atoms with Gasteiger partial charge in [-0.25, -0.2) is 9.37 Å². The van der Waals surface area contributed by atoms with E-state index in [1.807, 2.05) is 24.4 Å². The number of aliphatic imine (C=N–C) groups is 1. The maximum absolute atomic E-state index is 13.7. The van der Waals surface area contributed by atoms with Crippen molar-refractivity contribution in [1.82, 2.24) is 15.6 Å². The molecule has 8 heteroatoms. The zero-order chi connectivity index (χ0) is 19.8. The first-order chi connectivity index (χ1) is 13.7. The highest BCUT2D eigenvalue weighted by Crippen LogP contribution is 2.17. The van der Waals surface area contributed by atoms with Crippen molar-refractivity contribution in [2.45, 2.75) is 32.0 Å². The largest absolute Gasteiger partial charge is 0.380 e. The highest BCUT2D eigenvalue weighted by molar-refractivity contribution is 14.0. The maximum Gasteiger partial charge on any atom is 0.191 e. The van der Waals surface area contributed by atoms with Gasteiger partial charge in [-0.1, -0.05) is 12.1 Å². The lowest BCUT2D eigenvalue weighted by molar-refractivity contribution is 0.181. The average Bonchev–Trinajstić information content (AvgIpc) is 2.74. The lowest BCUT2D eigenvalue weighted by Crippen LogP contribution is -2.48. The maximum atomic E-state index is 13.7. The summed E-state index contributed by atoms with van der Waals surface area (Å²) in [4.78, 5) is 11.1. The summed E-state index contributed by atoms with van der Waals surface area (Å²) in [6.45, 7) is 2.76. The number of rotatable bonds is 6. The third kappa shape index (κ3) is 6.81. The van der Waals surface area contributed by atoms with Crippen LogP contribution in [0, 0.1) is 5.82 Å². The van der Waals surface area contributed by atoms with Gasteiger partial charge in [0.05, 0.1) is 6.61 Å². The standard InChI is InChI=1S/C21H28FN5O.HI/c1-23-21(25-14-16-6-7-19(22)17(13-16)15-28-2)26-18-8-11-27(12-9-18)20-5-3-4-10-24-20;/h3-7,10,13,18H,8-9,11-12,14-15H2,1-2H3,(H2,23,25,26);1H. The lowest BCUT2D eigenvalue weighted by Gasteiger charge is -2.33. The van der Waals surface area contributed by atoms with Crippen molar-refractivity contribution < 1.29 is 9.13 Å². The third-order valence-corrected chi connectivity index (χ3v) is 4.90. The number of methoxy groups -OCH3 is 1. The number of anilines is 1. The van der Waals surface area contributed by atoms with E-state index < -0.39 is 0 Å². The molecule has 0 bridgehead atoms. The van der Waals surface area contributed by atoms with Crippen LogP contribution in [0.4, 0.5) is 10.2 Å². The molecule has 3 rings (SSSR count). The van der Waals surface area contributed by atoms with Gasteiger partial charge in [-0.05, 0) is 42.7 Å². The molecule has 0 unspecified atom stereocenters. The fourth-order valence-electron chi connectivity index (χ4n) is 3.37. The predicted octanol–water partition coefficient (Wildman–Crippen LogP) is 3.32. The minimum absolute atomic E-state index is 0. The van der Waals surface area contributed by atoms with Crippen molar-refractivity contribution >= 4 is 35.8 Å². The Bertz CT molecular complexity index is 782. The Hall–Kier alpha value is -1.94. The number of pyridine rings is 1. The zero-order valence-electron chi connectivity index (χ0n) is 16.9. The van der Waals surface area contributed by atoms with E-state index in [-0.39, 0.29) is 36.4 Å². The summed E-state index contributed by atoms with van der Waals surface area (Å²) < 4.78 is 18.8. The molecule has 0 aliphatic carbocycles. The molecule has 29 heavy (non-hydrogen) atoms. The topological polar surface area (TPSA) is 61.8 Å². The molecule has 0 saturated carbocycles. The van der Waals surface area contributed by atoms with Crippen molar-refractivity contribution in [1.29, 1.82) is 0 Å². The molecule has 1 fully saturated rings. The van der Waals surface area contributed by atoms with Crippen LogP contribution in [0.3, 0.4) is 0 Å². The van der Waals surface area contributed by atoms with Gasteiger partial charge >= 0.3 is 0 Å². The Balaban J connectivity index is 0.00000300. The zero-order valence-corrected chi connectivity index (χ0v) is 19.2. The summed E-state index contributed by atoms with van der Waals surface area (Å²) in [6.07, 6.45) is 3.87. The molecule has 2 heterocycles. The van der Waals surface area contributed by atoms with Gasteiger partial charge in [0, 0.05) is 51.6 Å². The number of benzene rings is 1. The number of guanidine groups is 1. The van der Waals surface area contributed by atoms with Crippen LogP contribution in [0.15, 0.2) is 47.6 Å². The van der Waals surface area contributed by atoms with E-state index in [4.69, 9.17) is 4.74 Å². The molecular weight excluding hydrogens is 484 g/mol. The molecule has 0 amide bonds. The summed E-state index contributed by atoms with van der Waals surface area (Å²) in [5.41, 5.74) is 1.55. The van der Waals surface area contributed by atoms with Crippen LogP contribution in [0.5, 0.6) is 0 Å². The molecule has 0 radical (unpaired) electrons. The van der Waals surface area contributed by atoms with Gasteiger partial charge in [0.1, 0.15) is 11.6 Å². The Morgan fingerprint density at radius 1 is 1.28 bits per heavy atom. The Morgan fingerprint density at radius 3 is 2.72 bits per heavy atom. The van der Waals surface area contributed by atoms with E-state index in [1.165, 1.54) is 6.07 Å². The van der Waals surface area contributed by atoms with Crippen LogP contribution in [0.1, 0.15) is 24.0 Å². The van der Waals surface area contributed by atoms with Crippen molar-refractivity contribution in [3.63, 3.8) is 0 Å². The average molecular weight is 513 g/mol. The van der Waals surface area contributed by atoms with E-state index in [9.17, 15) is 4.39 Å². The first kappa shape index (κ1) is 23.3. The number of nitrogens with one attached hydrogen (secondary N) is 2. The molecule has 1 aliphatic heterocycles. The van der Waals surface area contributed by atoms with E-state index in [2.05, 4.69) is 31.6 Å². The molecule has 0 spiro atoms. The molecule has 1 saturated heterocycles. The number of ether oxygens (including phenoxy) is 1. The summed E-state index contributed by atoms with van der Waals surface area (Å²) in [6, 6.07) is 11.5. The highest BCUT2D eigenvalue weighted by Gasteiger charge is 2.20. The van der Waals surface area contributed by atoms with Crippen molar-refractivity contribution in [2.75, 3.05) is 32.1 Å². The quantitative estimate of drug-likeness (QED) is 0.353. The van der Waals surface area contributed by atoms with Crippen molar-refractivity contribution in [3.05, 3.63) is 59.5 Å². The molecular formula is C21H29FIN5O. The van der Waals surface area contributed by atoms with Crippen LogP contribution in [0.2, 0.25) is 0 Å². The van der Waals surface area contributed by atoms with E-state index in [0.717, 1.165) is 43.3 Å². The molecule has 0 atom stereocenters. The predicted molar refractivity (Wildman–Crippen MR) is 125 cm³/mol. The minimum Gasteiger partial charge on any atom is -0.380 e. The SMILES string of the molecule is CN=C(NCc1ccc(F)c(COC)c1)NC1CCN(c2ccccn2)CC1.I. The first-order valence-electron chi connectivity index (χ1n) is 9.59. The second-order valence-electron chi connectivity index (χ2n) is 6.88. The number of aromatic nitrogens is 1. The smallest absolute Gasteiger partial charge is 0.191 e. The molecule has 6 nitrogen and oxygen atoms in total. The normalized spacial score (nSPS) is 15.0. The molecule has 1 aromatic carbocycles. The van der Waals surface area contributed by atoms with Gasteiger partial charge in [-0.2, -0.15) is 0 Å². The number of hydrogen-bond acceptors (Lipinski definition) is 4. The third-order valence-electron chi connectivity index (χ3n) is 4.90. The van der Waals surface area contributed by atoms with E-state index >= 15 is 0 Å². The number of nitrogens with zero attached hydrogens (tertiary/aromatic N) is 3. The Labute approximate surface area is 189 Å². The molecule has 2 N–H and O–H groups in total. The van der Waals surface area contributed by atoms with E-state index in [1.54, 1.807) is 20.2 Å². The van der Waals surface area contributed by atoms with Crippen LogP contribution in [0.25, 0.3) is 0 Å². The number of piperidine rings is 1. The second-order valence-corrected chi connectivity index (χ2v) is 6.88. The molecule has 1 aliphatic rings. The number of hydrogen-bond donors (Lipinski definition) is 2. The molecule has 158 valence electrons. The Morgan fingerprint density at radius 2 is 2.07 bits per heavy atom. The summed E-state index contributed by atoms with van der Waals surface area (Å²) in [5.74, 6) is 1.55. The van der Waals surface area contributed by atoms with Crippen LogP contribution in [-0.2, 0) is 17.9 Å². The van der Waals surface area contributed by atoms with Gasteiger partial charge in [-0.15, -0.1) is 24.0 Å². The lowest BCUT2D eigenvalue weighted by atomic mass is 10.1. The number of halogens is 2. The van der Waals surface area contributed by atoms with E-state index in [0.29, 0.717) is 18.2 Å².